The van der Waals surface area contributed by atoms with E-state index in [4.69, 9.17) is 17.3 Å². The largest absolute Gasteiger partial charge is 0.324 e. The summed E-state index contributed by atoms with van der Waals surface area (Å²) in [5.41, 5.74) is 5.06. The van der Waals surface area contributed by atoms with Gasteiger partial charge in [0.1, 0.15) is 5.82 Å². The molecule has 1 aromatic rings. The summed E-state index contributed by atoms with van der Waals surface area (Å²) >= 11 is 8.60. The number of nitrogens with two attached hydrogens (primary N) is 1. The molecular weight excluding hydrogens is 260 g/mol. The first-order valence-electron chi connectivity index (χ1n) is 3.44. The summed E-state index contributed by atoms with van der Waals surface area (Å²) in [4.78, 5) is 11.1. The van der Waals surface area contributed by atoms with E-state index >= 15 is 0 Å². The molecule has 1 rings (SSSR count). The number of ketones is 1. The molecular formula is C8H6BrClFNO. The minimum absolute atomic E-state index is 0.0492. The van der Waals surface area contributed by atoms with Crippen LogP contribution in [0.15, 0.2) is 16.6 Å². The summed E-state index contributed by atoms with van der Waals surface area (Å²) in [5, 5.41) is 0.234. The van der Waals surface area contributed by atoms with E-state index in [9.17, 15) is 9.18 Å². The highest BCUT2D eigenvalue weighted by Crippen LogP contribution is 2.24. The Bertz CT molecular complexity index is 333. The van der Waals surface area contributed by atoms with Crippen molar-refractivity contribution in [2.24, 2.45) is 5.73 Å². The van der Waals surface area contributed by atoms with Crippen LogP contribution >= 0.6 is 27.5 Å². The van der Waals surface area contributed by atoms with Gasteiger partial charge in [-0.3, -0.25) is 4.79 Å². The third-order valence-corrected chi connectivity index (χ3v) is 2.31. The molecule has 0 aromatic heterocycles. The molecule has 0 spiro atoms. The second-order valence-electron chi connectivity index (χ2n) is 2.37. The fourth-order valence-electron chi connectivity index (χ4n) is 0.911. The van der Waals surface area contributed by atoms with Gasteiger partial charge in [-0.2, -0.15) is 0 Å². The van der Waals surface area contributed by atoms with Crippen LogP contribution in [0.4, 0.5) is 4.39 Å². The molecule has 0 fully saturated rings. The number of rotatable bonds is 2. The Morgan fingerprint density at radius 1 is 1.62 bits per heavy atom. The quantitative estimate of drug-likeness (QED) is 0.835. The average Bonchev–Trinajstić information content (AvgIpc) is 2.02. The fraction of sp³-hybridized carbons (Fsp3) is 0.125. The molecule has 70 valence electrons. The van der Waals surface area contributed by atoms with Gasteiger partial charge in [-0.1, -0.05) is 11.6 Å². The van der Waals surface area contributed by atoms with Crippen LogP contribution in [0.25, 0.3) is 0 Å². The zero-order valence-electron chi connectivity index (χ0n) is 6.48. The second kappa shape index (κ2) is 4.17. The molecule has 13 heavy (non-hydrogen) atoms. The molecule has 0 heterocycles. The molecule has 0 saturated carbocycles. The molecule has 2 N–H and O–H groups in total. The third kappa shape index (κ3) is 2.27. The van der Waals surface area contributed by atoms with Gasteiger partial charge in [-0.25, -0.2) is 4.39 Å². The predicted octanol–water partition coefficient (Wildman–Crippen LogP) is 2.38. The molecule has 0 amide bonds. The highest BCUT2D eigenvalue weighted by atomic mass is 79.9. The van der Waals surface area contributed by atoms with Gasteiger partial charge in [0.25, 0.3) is 0 Å². The number of Topliss-reactive ketones (excluding diaryl/α,β-unsaturated/α-hetero) is 1. The van der Waals surface area contributed by atoms with Crippen molar-refractivity contribution >= 4 is 33.3 Å². The van der Waals surface area contributed by atoms with E-state index in [2.05, 4.69) is 15.9 Å². The first kappa shape index (κ1) is 10.6. The van der Waals surface area contributed by atoms with Crippen molar-refractivity contribution in [1.82, 2.24) is 0 Å². The Morgan fingerprint density at radius 3 is 2.69 bits per heavy atom. The highest BCUT2D eigenvalue weighted by Gasteiger charge is 2.14. The fourth-order valence-corrected chi connectivity index (χ4v) is 1.90. The van der Waals surface area contributed by atoms with Crippen LogP contribution in [0, 0.1) is 5.82 Å². The number of carbonyl (C=O) groups excluding carboxylic acids is 1. The van der Waals surface area contributed by atoms with E-state index in [1.54, 1.807) is 0 Å². The van der Waals surface area contributed by atoms with Crippen molar-refractivity contribution in [2.45, 2.75) is 0 Å². The number of halogens is 3. The Hall–Kier alpha value is -0.450. The summed E-state index contributed by atoms with van der Waals surface area (Å²) in [5.74, 6) is -1.11. The van der Waals surface area contributed by atoms with Crippen LogP contribution in [0.5, 0.6) is 0 Å². The van der Waals surface area contributed by atoms with Gasteiger partial charge in [0.2, 0.25) is 0 Å². The Labute approximate surface area is 88.0 Å². The number of hydrogen-bond acceptors (Lipinski definition) is 2. The molecule has 0 aliphatic carbocycles. The Kier molecular flexibility index (Phi) is 3.41. The first-order chi connectivity index (χ1) is 6.06. The van der Waals surface area contributed by atoms with E-state index in [1.807, 2.05) is 0 Å². The lowest BCUT2D eigenvalue weighted by Gasteiger charge is -2.03. The van der Waals surface area contributed by atoms with Crippen molar-refractivity contribution in [2.75, 3.05) is 6.54 Å². The molecule has 0 atom stereocenters. The van der Waals surface area contributed by atoms with Crippen molar-refractivity contribution < 1.29 is 9.18 Å². The number of carbonyl (C=O) groups is 1. The lowest BCUT2D eigenvalue weighted by atomic mass is 10.1. The smallest absolute Gasteiger partial charge is 0.180 e. The number of benzene rings is 1. The lowest BCUT2D eigenvalue weighted by Crippen LogP contribution is -2.15. The topological polar surface area (TPSA) is 43.1 Å². The zero-order chi connectivity index (χ0) is 10.0. The maximum absolute atomic E-state index is 13.2. The molecule has 0 aliphatic rings. The molecule has 5 heteroatoms. The van der Waals surface area contributed by atoms with Crippen molar-refractivity contribution in [3.8, 4) is 0 Å². The highest BCUT2D eigenvalue weighted by molar-refractivity contribution is 9.10. The normalized spacial score (nSPS) is 10.2. The zero-order valence-corrected chi connectivity index (χ0v) is 8.82. The van der Waals surface area contributed by atoms with E-state index < -0.39 is 11.6 Å². The maximum atomic E-state index is 13.2. The molecule has 0 bridgehead atoms. The Balaban J connectivity index is 3.28. The van der Waals surface area contributed by atoms with Gasteiger partial charge in [-0.05, 0) is 28.1 Å². The molecule has 2 nitrogen and oxygen atoms in total. The second-order valence-corrected chi connectivity index (χ2v) is 3.66. The van der Waals surface area contributed by atoms with Gasteiger partial charge < -0.3 is 5.73 Å². The predicted molar refractivity (Wildman–Crippen MR) is 52.5 cm³/mol. The Morgan fingerprint density at radius 2 is 2.23 bits per heavy atom. The summed E-state index contributed by atoms with van der Waals surface area (Å²) < 4.78 is 13.5. The summed E-state index contributed by atoms with van der Waals surface area (Å²) in [6.45, 7) is -0.225. The minimum atomic E-state index is -0.658. The number of hydrogen-bond donors (Lipinski definition) is 1. The standard InChI is InChI=1S/C8H6BrClFNO/c9-5-1-4(10)2-6(11)8(5)7(13)3-12/h1-2H,3,12H2. The van der Waals surface area contributed by atoms with Crippen molar-refractivity contribution in [1.29, 1.82) is 0 Å². The van der Waals surface area contributed by atoms with Gasteiger partial charge in [0, 0.05) is 9.50 Å². The first-order valence-corrected chi connectivity index (χ1v) is 4.61. The maximum Gasteiger partial charge on any atom is 0.180 e. The van der Waals surface area contributed by atoms with E-state index in [0.29, 0.717) is 4.47 Å². The van der Waals surface area contributed by atoms with Crippen LogP contribution in [0.2, 0.25) is 5.02 Å². The van der Waals surface area contributed by atoms with E-state index in [-0.39, 0.29) is 17.1 Å². The SMILES string of the molecule is NCC(=O)c1c(F)cc(Cl)cc1Br. The molecule has 0 radical (unpaired) electrons. The van der Waals surface area contributed by atoms with Gasteiger partial charge in [0.05, 0.1) is 12.1 Å². The van der Waals surface area contributed by atoms with Crippen molar-refractivity contribution in [3.63, 3.8) is 0 Å². The molecule has 0 saturated heterocycles. The van der Waals surface area contributed by atoms with Crippen LogP contribution < -0.4 is 5.73 Å². The van der Waals surface area contributed by atoms with E-state index in [0.717, 1.165) is 6.07 Å². The van der Waals surface area contributed by atoms with Crippen molar-refractivity contribution in [3.05, 3.63) is 33.0 Å². The van der Waals surface area contributed by atoms with Gasteiger partial charge in [-0.15, -0.1) is 0 Å². The third-order valence-electron chi connectivity index (χ3n) is 1.47. The van der Waals surface area contributed by atoms with Crippen LogP contribution in [0.1, 0.15) is 10.4 Å². The van der Waals surface area contributed by atoms with Crippen LogP contribution in [0.3, 0.4) is 0 Å². The van der Waals surface area contributed by atoms with Crippen LogP contribution in [-0.4, -0.2) is 12.3 Å². The average molecular weight is 266 g/mol. The monoisotopic (exact) mass is 265 g/mol. The summed E-state index contributed by atoms with van der Waals surface area (Å²) in [6, 6.07) is 2.53. The van der Waals surface area contributed by atoms with Gasteiger partial charge in [0.15, 0.2) is 5.78 Å². The molecule has 0 aliphatic heterocycles. The molecule has 1 aromatic carbocycles. The van der Waals surface area contributed by atoms with E-state index in [1.165, 1.54) is 6.07 Å². The van der Waals surface area contributed by atoms with Crippen LogP contribution in [-0.2, 0) is 0 Å². The minimum Gasteiger partial charge on any atom is -0.324 e. The summed E-state index contributed by atoms with van der Waals surface area (Å²) in [6.07, 6.45) is 0. The molecule has 0 unspecified atom stereocenters. The lowest BCUT2D eigenvalue weighted by molar-refractivity contribution is 0.0997. The summed E-state index contributed by atoms with van der Waals surface area (Å²) in [7, 11) is 0. The van der Waals surface area contributed by atoms with Gasteiger partial charge >= 0.3 is 0 Å².